The largest absolute Gasteiger partial charge is 0.618 e. The lowest BCUT2D eigenvalue weighted by Crippen LogP contribution is -2.30. The number of rotatable bonds is 3. The average molecular weight is 278 g/mol. The number of aromatic nitrogens is 2. The molecule has 21 heavy (non-hydrogen) atoms. The van der Waals surface area contributed by atoms with Gasteiger partial charge in [0.25, 0.3) is 11.6 Å². The molecule has 1 aromatic heterocycles. The molecule has 0 fully saturated rings. The molecule has 0 amide bonds. The van der Waals surface area contributed by atoms with Gasteiger partial charge in [0.05, 0.1) is 7.11 Å². The Morgan fingerprint density at radius 3 is 2.05 bits per heavy atom. The van der Waals surface area contributed by atoms with Crippen molar-refractivity contribution in [3.05, 3.63) is 72.1 Å². The van der Waals surface area contributed by atoms with Crippen LogP contribution in [-0.4, -0.2) is 12.1 Å². The molecule has 0 aliphatic rings. The van der Waals surface area contributed by atoms with Gasteiger partial charge in [-0.3, -0.25) is 0 Å². The fourth-order valence-electron chi connectivity index (χ4n) is 2.22. The summed E-state index contributed by atoms with van der Waals surface area (Å²) in [6, 6.07) is 19.1. The van der Waals surface area contributed by atoms with Gasteiger partial charge < -0.3 is 9.94 Å². The van der Waals surface area contributed by atoms with Gasteiger partial charge in [0.1, 0.15) is 5.69 Å². The molecule has 3 aromatic rings. The maximum Gasteiger partial charge on any atom is 0.281 e. The molecule has 0 saturated heterocycles. The maximum absolute atomic E-state index is 12.4. The van der Waals surface area contributed by atoms with E-state index < -0.39 is 0 Å². The minimum Gasteiger partial charge on any atom is -0.618 e. The summed E-state index contributed by atoms with van der Waals surface area (Å²) >= 11 is 0. The molecule has 2 aromatic carbocycles. The molecule has 0 radical (unpaired) electrons. The first kappa shape index (κ1) is 13.1. The number of methoxy groups -OCH3 is 1. The van der Waals surface area contributed by atoms with Gasteiger partial charge >= 0.3 is 0 Å². The van der Waals surface area contributed by atoms with Crippen LogP contribution in [0.5, 0.6) is 5.88 Å². The highest BCUT2D eigenvalue weighted by atomic mass is 16.5. The summed E-state index contributed by atoms with van der Waals surface area (Å²) in [6.07, 6.45) is 1.34. The van der Waals surface area contributed by atoms with E-state index in [2.05, 4.69) is 4.98 Å². The van der Waals surface area contributed by atoms with Crippen molar-refractivity contribution in [3.8, 4) is 28.4 Å². The summed E-state index contributed by atoms with van der Waals surface area (Å²) in [5.74, 6) is 0.295. The minimum atomic E-state index is 0.295. The van der Waals surface area contributed by atoms with Crippen molar-refractivity contribution in [2.45, 2.75) is 0 Å². The summed E-state index contributed by atoms with van der Waals surface area (Å²) in [4.78, 5) is 4.46. The summed E-state index contributed by atoms with van der Waals surface area (Å²) in [7, 11) is 1.50. The molecule has 1 heterocycles. The summed E-state index contributed by atoms with van der Waals surface area (Å²) < 4.78 is 5.93. The van der Waals surface area contributed by atoms with Crippen LogP contribution in [-0.2, 0) is 0 Å². The number of hydrogen-bond acceptors (Lipinski definition) is 3. The molecule has 0 unspecified atom stereocenters. The highest BCUT2D eigenvalue weighted by Crippen LogP contribution is 2.28. The summed E-state index contributed by atoms with van der Waals surface area (Å²) in [5.41, 5.74) is 2.82. The molecule has 3 rings (SSSR count). The van der Waals surface area contributed by atoms with Gasteiger partial charge in [-0.25, -0.2) is 4.98 Å². The molecule has 4 heteroatoms. The van der Waals surface area contributed by atoms with E-state index in [0.29, 0.717) is 17.3 Å². The molecule has 4 nitrogen and oxygen atoms in total. The molecule has 104 valence electrons. The molecule has 0 spiro atoms. The molecule has 0 N–H and O–H groups in total. The molecule has 0 aliphatic heterocycles. The van der Waals surface area contributed by atoms with Gasteiger partial charge in [-0.15, -0.1) is 0 Å². The third-order valence-corrected chi connectivity index (χ3v) is 3.20. The van der Waals surface area contributed by atoms with E-state index in [4.69, 9.17) is 4.74 Å². The van der Waals surface area contributed by atoms with Crippen molar-refractivity contribution in [3.63, 3.8) is 0 Å². The Balaban J connectivity index is 2.28. The minimum absolute atomic E-state index is 0.295. The Morgan fingerprint density at radius 2 is 1.48 bits per heavy atom. The zero-order valence-corrected chi connectivity index (χ0v) is 11.6. The van der Waals surface area contributed by atoms with Gasteiger partial charge in [-0.2, -0.15) is 4.73 Å². The van der Waals surface area contributed by atoms with E-state index >= 15 is 0 Å². The fourth-order valence-corrected chi connectivity index (χ4v) is 2.22. The molecule has 0 bridgehead atoms. The van der Waals surface area contributed by atoms with Crippen LogP contribution in [0.2, 0.25) is 0 Å². The van der Waals surface area contributed by atoms with Crippen LogP contribution in [0.3, 0.4) is 0 Å². The van der Waals surface area contributed by atoms with Crippen molar-refractivity contribution in [2.75, 3.05) is 7.11 Å². The van der Waals surface area contributed by atoms with Crippen molar-refractivity contribution < 1.29 is 9.47 Å². The second-order valence-electron chi connectivity index (χ2n) is 4.54. The van der Waals surface area contributed by atoms with Crippen molar-refractivity contribution in [1.82, 2.24) is 4.98 Å². The Morgan fingerprint density at radius 1 is 0.905 bits per heavy atom. The Labute approximate surface area is 122 Å². The third kappa shape index (κ3) is 2.56. The van der Waals surface area contributed by atoms with Gasteiger partial charge in [0.2, 0.25) is 6.20 Å². The second-order valence-corrected chi connectivity index (χ2v) is 4.54. The topological polar surface area (TPSA) is 49.1 Å². The summed E-state index contributed by atoms with van der Waals surface area (Å²) in [6.45, 7) is 0. The molecule has 0 atom stereocenters. The Kier molecular flexibility index (Phi) is 3.51. The van der Waals surface area contributed by atoms with Gasteiger partial charge in [-0.1, -0.05) is 48.5 Å². The van der Waals surface area contributed by atoms with E-state index in [1.807, 2.05) is 60.7 Å². The maximum atomic E-state index is 12.4. The first-order valence-corrected chi connectivity index (χ1v) is 6.58. The fraction of sp³-hybridized carbons (Fsp3) is 0.0588. The highest BCUT2D eigenvalue weighted by molar-refractivity contribution is 5.75. The van der Waals surface area contributed by atoms with Gasteiger partial charge in [-0.05, 0) is 12.1 Å². The Hall–Kier alpha value is -2.88. The van der Waals surface area contributed by atoms with Crippen LogP contribution in [0.1, 0.15) is 0 Å². The van der Waals surface area contributed by atoms with Gasteiger partial charge in [0, 0.05) is 11.1 Å². The van der Waals surface area contributed by atoms with Crippen molar-refractivity contribution in [2.24, 2.45) is 0 Å². The SMILES string of the molecule is COc1c[n+]([O-])c(-c2ccccc2)c(-c2ccccc2)n1. The smallest absolute Gasteiger partial charge is 0.281 e. The van der Waals surface area contributed by atoms with Crippen LogP contribution in [0.25, 0.3) is 22.5 Å². The normalized spacial score (nSPS) is 10.3. The third-order valence-electron chi connectivity index (χ3n) is 3.20. The number of hydrogen-bond donors (Lipinski definition) is 0. The zero-order chi connectivity index (χ0) is 14.7. The monoisotopic (exact) mass is 278 g/mol. The van der Waals surface area contributed by atoms with E-state index in [0.717, 1.165) is 15.9 Å². The second kappa shape index (κ2) is 5.63. The average Bonchev–Trinajstić information content (AvgIpc) is 2.55. The number of benzene rings is 2. The van der Waals surface area contributed by atoms with Crippen LogP contribution < -0.4 is 9.47 Å². The lowest BCUT2D eigenvalue weighted by Gasteiger charge is -2.11. The zero-order valence-electron chi connectivity index (χ0n) is 11.6. The molecular weight excluding hydrogens is 264 g/mol. The van der Waals surface area contributed by atoms with Crippen LogP contribution >= 0.6 is 0 Å². The molecule has 0 aliphatic carbocycles. The number of nitrogens with zero attached hydrogens (tertiary/aromatic N) is 2. The molecule has 0 saturated carbocycles. The highest BCUT2D eigenvalue weighted by Gasteiger charge is 2.20. The quantitative estimate of drug-likeness (QED) is 0.546. The standard InChI is InChI=1S/C17H14N2O2/c1-21-15-12-19(20)17(14-10-6-3-7-11-14)16(18-15)13-8-4-2-5-9-13/h2-12H,1H3. The number of ether oxygens (including phenoxy) is 1. The predicted molar refractivity (Wildman–Crippen MR) is 80.6 cm³/mol. The lowest BCUT2D eigenvalue weighted by atomic mass is 10.0. The first-order valence-electron chi connectivity index (χ1n) is 6.58. The molecular formula is C17H14N2O2. The van der Waals surface area contributed by atoms with Crippen LogP contribution in [0, 0.1) is 5.21 Å². The lowest BCUT2D eigenvalue weighted by molar-refractivity contribution is -0.594. The van der Waals surface area contributed by atoms with Crippen LogP contribution in [0.15, 0.2) is 66.9 Å². The predicted octanol–water partition coefficient (Wildman–Crippen LogP) is 3.06. The van der Waals surface area contributed by atoms with E-state index in [-0.39, 0.29) is 0 Å². The van der Waals surface area contributed by atoms with E-state index in [1.165, 1.54) is 13.3 Å². The van der Waals surface area contributed by atoms with Crippen molar-refractivity contribution >= 4 is 0 Å². The Bertz CT molecular complexity index is 743. The van der Waals surface area contributed by atoms with Gasteiger partial charge in [0.15, 0.2) is 0 Å². The first-order chi connectivity index (χ1) is 10.3. The van der Waals surface area contributed by atoms with Crippen molar-refractivity contribution in [1.29, 1.82) is 0 Å². The van der Waals surface area contributed by atoms with E-state index in [1.54, 1.807) is 0 Å². The summed E-state index contributed by atoms with van der Waals surface area (Å²) in [5, 5.41) is 12.4. The van der Waals surface area contributed by atoms with Crippen LogP contribution in [0.4, 0.5) is 0 Å². The van der Waals surface area contributed by atoms with E-state index in [9.17, 15) is 5.21 Å².